The van der Waals surface area contributed by atoms with E-state index < -0.39 is 6.10 Å². The van der Waals surface area contributed by atoms with Crippen LogP contribution < -0.4 is 5.73 Å². The van der Waals surface area contributed by atoms with Crippen LogP contribution in [0.15, 0.2) is 23.1 Å². The molecule has 2 atom stereocenters. The first kappa shape index (κ1) is 18.5. The number of aryl methyl sites for hydroxylation is 1. The van der Waals surface area contributed by atoms with Gasteiger partial charge < -0.3 is 10.8 Å². The normalized spacial score (nSPS) is 14.1. The third kappa shape index (κ3) is 6.86. The highest BCUT2D eigenvalue weighted by Gasteiger charge is 2.11. The molecule has 0 aliphatic heterocycles. The Bertz CT molecular complexity index is 408. The lowest BCUT2D eigenvalue weighted by atomic mass is 10.0. The predicted octanol–water partition coefficient (Wildman–Crippen LogP) is 4.69. The van der Waals surface area contributed by atoms with Crippen molar-refractivity contribution in [2.75, 3.05) is 12.3 Å². The molecule has 1 aromatic carbocycles. The van der Waals surface area contributed by atoms with Gasteiger partial charge in [-0.15, -0.1) is 11.8 Å². The lowest BCUT2D eigenvalue weighted by Crippen LogP contribution is -2.07. The van der Waals surface area contributed by atoms with Crippen molar-refractivity contribution < 1.29 is 5.11 Å². The van der Waals surface area contributed by atoms with Crippen molar-refractivity contribution in [1.29, 1.82) is 0 Å². The van der Waals surface area contributed by atoms with Crippen LogP contribution in [0.1, 0.15) is 63.2 Å². The van der Waals surface area contributed by atoms with Crippen molar-refractivity contribution in [2.24, 2.45) is 11.7 Å². The van der Waals surface area contributed by atoms with Crippen molar-refractivity contribution in [2.45, 2.75) is 63.9 Å². The van der Waals surface area contributed by atoms with E-state index in [9.17, 15) is 5.11 Å². The van der Waals surface area contributed by atoms with Crippen LogP contribution in [0.2, 0.25) is 0 Å². The van der Waals surface area contributed by atoms with Crippen molar-refractivity contribution in [3.8, 4) is 0 Å². The first-order valence-electron chi connectivity index (χ1n) is 8.23. The summed E-state index contributed by atoms with van der Waals surface area (Å²) in [5, 5.41) is 10.1. The molecule has 0 saturated carbocycles. The Morgan fingerprint density at radius 1 is 1.19 bits per heavy atom. The van der Waals surface area contributed by atoms with Crippen LogP contribution in [0.4, 0.5) is 0 Å². The van der Waals surface area contributed by atoms with E-state index in [0.717, 1.165) is 11.5 Å². The fourth-order valence-electron chi connectivity index (χ4n) is 2.49. The van der Waals surface area contributed by atoms with Gasteiger partial charge in [-0.1, -0.05) is 39.2 Å². The van der Waals surface area contributed by atoms with Gasteiger partial charge in [0, 0.05) is 10.6 Å². The Hall–Kier alpha value is -0.510. The fourth-order valence-corrected chi connectivity index (χ4v) is 3.81. The molecule has 0 fully saturated rings. The van der Waals surface area contributed by atoms with E-state index in [0.29, 0.717) is 13.0 Å². The molecule has 0 radical (unpaired) electrons. The van der Waals surface area contributed by atoms with Crippen LogP contribution in [-0.4, -0.2) is 17.4 Å². The Kier molecular flexibility index (Phi) is 9.05. The molecule has 3 heteroatoms. The number of thioether (sulfide) groups is 1. The summed E-state index contributed by atoms with van der Waals surface area (Å²) in [7, 11) is 0. The average Bonchev–Trinajstić information content (AvgIpc) is 2.47. The Morgan fingerprint density at radius 2 is 1.95 bits per heavy atom. The second-order valence-corrected chi connectivity index (χ2v) is 6.99. The van der Waals surface area contributed by atoms with Gasteiger partial charge in [0.25, 0.3) is 0 Å². The summed E-state index contributed by atoms with van der Waals surface area (Å²) < 4.78 is 0. The lowest BCUT2D eigenvalue weighted by Gasteiger charge is -2.16. The minimum absolute atomic E-state index is 0.434. The van der Waals surface area contributed by atoms with Gasteiger partial charge in [0.15, 0.2) is 0 Å². The smallest absolute Gasteiger partial charge is 0.0802 e. The summed E-state index contributed by atoms with van der Waals surface area (Å²) in [6, 6.07) is 6.42. The number of hydrogen-bond donors (Lipinski definition) is 2. The molecule has 2 unspecified atom stereocenters. The highest BCUT2D eigenvalue weighted by atomic mass is 32.2. The quantitative estimate of drug-likeness (QED) is 0.617. The molecule has 21 heavy (non-hydrogen) atoms. The zero-order valence-electron chi connectivity index (χ0n) is 13.8. The average molecular weight is 310 g/mol. The predicted molar refractivity (Wildman–Crippen MR) is 93.8 cm³/mol. The van der Waals surface area contributed by atoms with Crippen molar-refractivity contribution in [1.82, 2.24) is 0 Å². The van der Waals surface area contributed by atoms with E-state index in [1.165, 1.54) is 41.9 Å². The molecule has 0 aromatic heterocycles. The maximum atomic E-state index is 10.1. The molecule has 1 aromatic rings. The van der Waals surface area contributed by atoms with Crippen LogP contribution in [0.25, 0.3) is 0 Å². The van der Waals surface area contributed by atoms with E-state index in [1.807, 2.05) is 11.8 Å². The number of nitrogens with two attached hydrogens (primary N) is 1. The molecule has 3 N–H and O–H groups in total. The number of aliphatic hydroxyl groups is 1. The molecule has 1 rings (SSSR count). The largest absolute Gasteiger partial charge is 0.388 e. The Balaban J connectivity index is 2.65. The summed E-state index contributed by atoms with van der Waals surface area (Å²) in [6.07, 6.45) is 5.38. The second-order valence-electron chi connectivity index (χ2n) is 5.90. The first-order chi connectivity index (χ1) is 10.1. The van der Waals surface area contributed by atoms with Crippen LogP contribution in [0.3, 0.4) is 0 Å². The summed E-state index contributed by atoms with van der Waals surface area (Å²) in [4.78, 5) is 1.27. The minimum Gasteiger partial charge on any atom is -0.388 e. The van der Waals surface area contributed by atoms with Crippen LogP contribution in [0, 0.1) is 12.8 Å². The summed E-state index contributed by atoms with van der Waals surface area (Å²) >= 11 is 1.93. The first-order valence-corrected chi connectivity index (χ1v) is 9.21. The number of hydrogen-bond acceptors (Lipinski definition) is 3. The zero-order valence-corrected chi connectivity index (χ0v) is 14.6. The molecule has 0 amide bonds. The maximum absolute atomic E-state index is 10.1. The molecular weight excluding hydrogens is 278 g/mol. The van der Waals surface area contributed by atoms with E-state index in [2.05, 4.69) is 39.0 Å². The molecule has 120 valence electrons. The van der Waals surface area contributed by atoms with Crippen LogP contribution in [0.5, 0.6) is 0 Å². The Labute approximate surface area is 134 Å². The molecule has 0 saturated heterocycles. The third-order valence-corrected chi connectivity index (χ3v) is 5.13. The second kappa shape index (κ2) is 10.3. The molecule has 0 aliphatic carbocycles. The maximum Gasteiger partial charge on any atom is 0.0802 e. The molecule has 0 spiro atoms. The van der Waals surface area contributed by atoms with Crippen LogP contribution >= 0.6 is 11.8 Å². The SMILES string of the molecule is CCCCC(CC)CSc1cc(C)cc(C(O)CCN)c1. The molecule has 0 bridgehead atoms. The zero-order chi connectivity index (χ0) is 15.7. The third-order valence-electron chi connectivity index (χ3n) is 3.93. The molecular formula is C18H31NOS. The highest BCUT2D eigenvalue weighted by Crippen LogP contribution is 2.29. The van der Waals surface area contributed by atoms with Gasteiger partial charge in [-0.05, 0) is 55.5 Å². The molecule has 0 heterocycles. The number of benzene rings is 1. The van der Waals surface area contributed by atoms with Crippen molar-refractivity contribution in [3.63, 3.8) is 0 Å². The fraction of sp³-hybridized carbons (Fsp3) is 0.667. The van der Waals surface area contributed by atoms with E-state index >= 15 is 0 Å². The van der Waals surface area contributed by atoms with E-state index in [4.69, 9.17) is 5.73 Å². The number of rotatable bonds is 10. The van der Waals surface area contributed by atoms with Gasteiger partial charge in [-0.3, -0.25) is 0 Å². The summed E-state index contributed by atoms with van der Waals surface area (Å²) in [6.45, 7) is 7.16. The van der Waals surface area contributed by atoms with Gasteiger partial charge in [-0.25, -0.2) is 0 Å². The topological polar surface area (TPSA) is 46.2 Å². The van der Waals surface area contributed by atoms with Crippen LogP contribution in [-0.2, 0) is 0 Å². The molecule has 2 nitrogen and oxygen atoms in total. The Morgan fingerprint density at radius 3 is 2.57 bits per heavy atom. The summed E-state index contributed by atoms with van der Waals surface area (Å²) in [5.74, 6) is 1.97. The van der Waals surface area contributed by atoms with Gasteiger partial charge in [0.2, 0.25) is 0 Å². The minimum atomic E-state index is -0.434. The van der Waals surface area contributed by atoms with Gasteiger partial charge in [-0.2, -0.15) is 0 Å². The van der Waals surface area contributed by atoms with Crippen molar-refractivity contribution >= 4 is 11.8 Å². The monoisotopic (exact) mass is 309 g/mol. The summed E-state index contributed by atoms with van der Waals surface area (Å²) in [5.41, 5.74) is 7.76. The standard InChI is InChI=1S/C18H31NOS/c1-4-6-7-15(5-2)13-21-17-11-14(3)10-16(12-17)18(20)8-9-19/h10-12,15,18,20H,4-9,13,19H2,1-3H3. The highest BCUT2D eigenvalue weighted by molar-refractivity contribution is 7.99. The van der Waals surface area contributed by atoms with Gasteiger partial charge in [0.05, 0.1) is 6.10 Å². The van der Waals surface area contributed by atoms with Gasteiger partial charge >= 0.3 is 0 Å². The number of unbranched alkanes of at least 4 members (excludes halogenated alkanes) is 1. The van der Waals surface area contributed by atoms with E-state index in [-0.39, 0.29) is 0 Å². The number of aliphatic hydroxyl groups excluding tert-OH is 1. The lowest BCUT2D eigenvalue weighted by molar-refractivity contribution is 0.170. The molecule has 0 aliphatic rings. The van der Waals surface area contributed by atoms with E-state index in [1.54, 1.807) is 0 Å². The van der Waals surface area contributed by atoms with Gasteiger partial charge in [0.1, 0.15) is 0 Å². The van der Waals surface area contributed by atoms with Crippen molar-refractivity contribution in [3.05, 3.63) is 29.3 Å².